The number of benzene rings is 2. The maximum absolute atomic E-state index is 12.9. The minimum absolute atomic E-state index is 0.0230. The van der Waals surface area contributed by atoms with E-state index in [1.807, 2.05) is 65.8 Å². The van der Waals surface area contributed by atoms with E-state index in [1.165, 1.54) is 11.9 Å². The summed E-state index contributed by atoms with van der Waals surface area (Å²) in [4.78, 5) is 13.5. The van der Waals surface area contributed by atoms with Gasteiger partial charge in [-0.1, -0.05) is 73.5 Å². The molecule has 164 valence electrons. The monoisotopic (exact) mass is 493 g/mol. The Morgan fingerprint density at radius 3 is 2.55 bits per heavy atom. The highest BCUT2D eigenvalue weighted by atomic mass is 35.5. The van der Waals surface area contributed by atoms with Crippen molar-refractivity contribution in [1.29, 1.82) is 0 Å². The van der Waals surface area contributed by atoms with Gasteiger partial charge >= 0.3 is 0 Å². The van der Waals surface area contributed by atoms with Gasteiger partial charge < -0.3 is 0 Å². The van der Waals surface area contributed by atoms with Crippen molar-refractivity contribution in [3.8, 4) is 0 Å². The fourth-order valence-corrected chi connectivity index (χ4v) is 4.96. The number of amides is 1. The average molecular weight is 495 g/mol. The summed E-state index contributed by atoms with van der Waals surface area (Å²) >= 11 is 20.4. The number of nitrogens with zero attached hydrogens (tertiary/aromatic N) is 1. The van der Waals surface area contributed by atoms with Gasteiger partial charge in [0.15, 0.2) is 0 Å². The number of carbonyl (C=O) groups is 1. The van der Waals surface area contributed by atoms with E-state index in [0.29, 0.717) is 22.5 Å². The molecule has 1 aliphatic carbocycles. The van der Waals surface area contributed by atoms with Crippen LogP contribution in [0.1, 0.15) is 38.7 Å². The van der Waals surface area contributed by atoms with Crippen molar-refractivity contribution in [3.05, 3.63) is 87.9 Å². The van der Waals surface area contributed by atoms with Crippen LogP contribution in [-0.2, 0) is 4.79 Å². The fraction of sp³-hybridized carbons (Fsp3) is 0.320. The van der Waals surface area contributed by atoms with Crippen molar-refractivity contribution < 1.29 is 4.79 Å². The van der Waals surface area contributed by atoms with Gasteiger partial charge in [-0.15, -0.1) is 11.6 Å². The molecule has 6 heteroatoms. The molecule has 0 bridgehead atoms. The highest BCUT2D eigenvalue weighted by Gasteiger charge is 2.51. The molecule has 0 saturated heterocycles. The molecule has 1 fully saturated rings. The Bertz CT molecular complexity index is 990. The second-order valence-corrected chi connectivity index (χ2v) is 10.9. The van der Waals surface area contributed by atoms with Crippen LogP contribution in [-0.4, -0.2) is 21.6 Å². The lowest BCUT2D eigenvalue weighted by Gasteiger charge is -2.22. The van der Waals surface area contributed by atoms with E-state index in [0.717, 1.165) is 22.5 Å². The molecule has 0 spiro atoms. The number of allylic oxidation sites excluding steroid dienone is 3. The van der Waals surface area contributed by atoms with Gasteiger partial charge in [-0.05, 0) is 66.6 Å². The zero-order chi connectivity index (χ0) is 22.6. The first kappa shape index (κ1) is 24.3. The molecule has 2 nitrogen and oxygen atoms in total. The zero-order valence-electron chi connectivity index (χ0n) is 17.8. The quantitative estimate of drug-likeness (QED) is 0.160. The van der Waals surface area contributed by atoms with E-state index in [4.69, 9.17) is 34.8 Å². The number of halogens is 3. The minimum atomic E-state index is -0.453. The Morgan fingerprint density at radius 1 is 1.19 bits per heavy atom. The van der Waals surface area contributed by atoms with Crippen molar-refractivity contribution in [3.63, 3.8) is 0 Å². The van der Waals surface area contributed by atoms with Gasteiger partial charge in [0.25, 0.3) is 5.91 Å². The number of alkyl halides is 1. The van der Waals surface area contributed by atoms with Crippen LogP contribution >= 0.6 is 46.8 Å². The molecule has 1 unspecified atom stereocenters. The normalized spacial score (nSPS) is 21.0. The van der Waals surface area contributed by atoms with Crippen molar-refractivity contribution in [2.45, 2.75) is 42.9 Å². The van der Waals surface area contributed by atoms with E-state index < -0.39 is 4.87 Å². The van der Waals surface area contributed by atoms with Crippen molar-refractivity contribution in [2.75, 3.05) is 6.54 Å². The number of hydrogen-bond acceptors (Lipinski definition) is 2. The highest BCUT2D eigenvalue weighted by Crippen LogP contribution is 2.58. The third-order valence-electron chi connectivity index (χ3n) is 4.99. The maximum Gasteiger partial charge on any atom is 0.256 e. The molecule has 0 aliphatic heterocycles. The Balaban J connectivity index is 1.66. The number of rotatable bonds is 8. The molecule has 0 radical (unpaired) electrons. The summed E-state index contributed by atoms with van der Waals surface area (Å²) in [5, 5.41) is 1.08. The van der Waals surface area contributed by atoms with Gasteiger partial charge in [0.2, 0.25) is 0 Å². The second kappa shape index (κ2) is 10.5. The standard InChI is InChI=1S/C25H26Cl3NOS/c1-17(2)16-29(31-20-7-5-4-6-8-20)24(30)13-18(3)11-12-25(28)15-21(25)19-9-10-22(26)23(27)14-19/h4-14,17,21H,15-16H2,1-3H3/t21?,25-/m0/s1. The Hall–Kier alpha value is -1.39. The van der Waals surface area contributed by atoms with Crippen LogP contribution in [0.2, 0.25) is 10.0 Å². The third-order valence-corrected chi connectivity index (χ3v) is 7.31. The van der Waals surface area contributed by atoms with Gasteiger partial charge in [0.1, 0.15) is 0 Å². The van der Waals surface area contributed by atoms with E-state index in [-0.39, 0.29) is 11.8 Å². The minimum Gasteiger partial charge on any atom is -0.278 e. The molecular weight excluding hydrogens is 469 g/mol. The summed E-state index contributed by atoms with van der Waals surface area (Å²) in [7, 11) is 0. The van der Waals surface area contributed by atoms with E-state index in [9.17, 15) is 4.79 Å². The lowest BCUT2D eigenvalue weighted by atomic mass is 10.1. The van der Waals surface area contributed by atoms with Gasteiger partial charge in [-0.2, -0.15) is 0 Å². The Kier molecular flexibility index (Phi) is 8.20. The Labute approximate surface area is 204 Å². The second-order valence-electron chi connectivity index (χ2n) is 8.28. The number of hydrogen-bond donors (Lipinski definition) is 0. The highest BCUT2D eigenvalue weighted by molar-refractivity contribution is 7.97. The molecule has 2 aromatic rings. The molecule has 0 heterocycles. The van der Waals surface area contributed by atoms with Crippen LogP contribution < -0.4 is 0 Å². The summed E-state index contributed by atoms with van der Waals surface area (Å²) in [6.45, 7) is 6.81. The molecule has 0 N–H and O–H groups in total. The first-order chi connectivity index (χ1) is 14.7. The lowest BCUT2D eigenvalue weighted by molar-refractivity contribution is -0.121. The summed E-state index contributed by atoms with van der Waals surface area (Å²) in [5.74, 6) is 0.536. The lowest BCUT2D eigenvalue weighted by Crippen LogP contribution is -2.26. The predicted octanol–water partition coefficient (Wildman–Crippen LogP) is 8.15. The van der Waals surface area contributed by atoms with E-state index >= 15 is 0 Å². The summed E-state index contributed by atoms with van der Waals surface area (Å²) in [5.41, 5.74) is 1.95. The molecule has 3 rings (SSSR count). The van der Waals surface area contributed by atoms with E-state index in [2.05, 4.69) is 13.8 Å². The van der Waals surface area contributed by atoms with Crippen LogP contribution in [0.15, 0.2) is 77.2 Å². The molecule has 1 amide bonds. The first-order valence-electron chi connectivity index (χ1n) is 10.2. The van der Waals surface area contributed by atoms with Crippen molar-refractivity contribution in [1.82, 2.24) is 4.31 Å². The van der Waals surface area contributed by atoms with Gasteiger partial charge in [0, 0.05) is 23.4 Å². The molecule has 1 saturated carbocycles. The summed E-state index contributed by atoms with van der Waals surface area (Å²) < 4.78 is 1.81. The zero-order valence-corrected chi connectivity index (χ0v) is 20.9. The summed E-state index contributed by atoms with van der Waals surface area (Å²) in [6.07, 6.45) is 6.42. The Morgan fingerprint density at radius 2 is 1.90 bits per heavy atom. The van der Waals surface area contributed by atoms with Crippen molar-refractivity contribution >= 4 is 52.7 Å². The van der Waals surface area contributed by atoms with E-state index in [1.54, 1.807) is 12.1 Å². The molecule has 0 aromatic heterocycles. The van der Waals surface area contributed by atoms with Gasteiger partial charge in [-0.3, -0.25) is 9.10 Å². The summed E-state index contributed by atoms with van der Waals surface area (Å²) in [6, 6.07) is 15.6. The van der Waals surface area contributed by atoms with Crippen LogP contribution in [0, 0.1) is 5.92 Å². The van der Waals surface area contributed by atoms with Crippen molar-refractivity contribution in [2.24, 2.45) is 5.92 Å². The smallest absolute Gasteiger partial charge is 0.256 e. The van der Waals surface area contributed by atoms with Gasteiger partial charge in [-0.25, -0.2) is 0 Å². The maximum atomic E-state index is 12.9. The third kappa shape index (κ3) is 6.79. The van der Waals surface area contributed by atoms with Crippen LogP contribution in [0.25, 0.3) is 0 Å². The SMILES string of the molecule is CC(C=C[C@]1(Cl)CC1c1ccc(Cl)c(Cl)c1)=CC(=O)N(CC(C)C)Sc1ccccc1. The predicted molar refractivity (Wildman–Crippen MR) is 134 cm³/mol. The van der Waals surface area contributed by atoms with Crippen LogP contribution in [0.4, 0.5) is 0 Å². The molecular formula is C25H26Cl3NOS. The topological polar surface area (TPSA) is 20.3 Å². The molecule has 2 atom stereocenters. The fourth-order valence-electron chi connectivity index (χ4n) is 3.26. The van der Waals surface area contributed by atoms with Crippen LogP contribution in [0.3, 0.4) is 0 Å². The van der Waals surface area contributed by atoms with Crippen LogP contribution in [0.5, 0.6) is 0 Å². The first-order valence-corrected chi connectivity index (χ1v) is 12.1. The average Bonchev–Trinajstić information content (AvgIpc) is 3.40. The molecule has 31 heavy (non-hydrogen) atoms. The molecule has 1 aliphatic rings. The largest absolute Gasteiger partial charge is 0.278 e. The number of carbonyl (C=O) groups excluding carboxylic acids is 1. The molecule has 2 aromatic carbocycles. The van der Waals surface area contributed by atoms with Gasteiger partial charge in [0.05, 0.1) is 14.9 Å².